The quantitative estimate of drug-likeness (QED) is 0.397. The van der Waals surface area contributed by atoms with E-state index in [2.05, 4.69) is 15.8 Å². The van der Waals surface area contributed by atoms with E-state index in [1.165, 1.54) is 39.5 Å². The van der Waals surface area contributed by atoms with E-state index >= 15 is 0 Å². The number of hydrogen-bond donors (Lipinski definition) is 2. The third-order valence-corrected chi connectivity index (χ3v) is 6.96. The number of amides is 2. The van der Waals surface area contributed by atoms with E-state index in [1.807, 2.05) is 0 Å². The predicted molar refractivity (Wildman–Crippen MR) is 139 cm³/mol. The third-order valence-electron chi connectivity index (χ3n) is 6.64. The summed E-state index contributed by atoms with van der Waals surface area (Å²) in [6, 6.07) is 7.32. The summed E-state index contributed by atoms with van der Waals surface area (Å²) in [6.45, 7) is 2.03. The van der Waals surface area contributed by atoms with E-state index < -0.39 is 11.7 Å². The highest BCUT2D eigenvalue weighted by Crippen LogP contribution is 2.38. The average molecular weight is 546 g/mol. The molecule has 1 aromatic heterocycles. The van der Waals surface area contributed by atoms with E-state index in [1.54, 1.807) is 19.1 Å². The van der Waals surface area contributed by atoms with Crippen molar-refractivity contribution in [2.75, 3.05) is 27.9 Å². The van der Waals surface area contributed by atoms with Gasteiger partial charge in [0.2, 0.25) is 5.75 Å². The van der Waals surface area contributed by atoms with Crippen LogP contribution in [0.2, 0.25) is 5.02 Å². The Kier molecular flexibility index (Phi) is 8.41. The number of rotatable bonds is 9. The van der Waals surface area contributed by atoms with Gasteiger partial charge in [0.1, 0.15) is 22.8 Å². The minimum Gasteiger partial charge on any atom is -0.493 e. The molecule has 1 aliphatic rings. The molecule has 11 heteroatoms. The van der Waals surface area contributed by atoms with Crippen LogP contribution in [0.25, 0.3) is 11.3 Å². The van der Waals surface area contributed by atoms with Gasteiger partial charge in [-0.3, -0.25) is 9.59 Å². The number of nitrogens with one attached hydrogen (secondary N) is 2. The fourth-order valence-electron chi connectivity index (χ4n) is 4.73. The Bertz CT molecular complexity index is 1300. The van der Waals surface area contributed by atoms with Crippen molar-refractivity contribution in [3.8, 4) is 28.5 Å². The summed E-state index contributed by atoms with van der Waals surface area (Å²) in [6.07, 6.45) is 2.22. The zero-order chi connectivity index (χ0) is 27.4. The number of hydrogen-bond acceptors (Lipinski definition) is 7. The summed E-state index contributed by atoms with van der Waals surface area (Å²) < 4.78 is 35.6. The first-order valence-corrected chi connectivity index (χ1v) is 12.4. The maximum Gasteiger partial charge on any atom is 0.257 e. The number of nitrogens with zero attached hydrogens (tertiary/aromatic N) is 1. The molecule has 4 rings (SSSR count). The molecule has 1 fully saturated rings. The van der Waals surface area contributed by atoms with E-state index in [0.717, 1.165) is 12.8 Å². The van der Waals surface area contributed by atoms with E-state index in [-0.39, 0.29) is 45.5 Å². The second-order valence-electron chi connectivity index (χ2n) is 9.03. The lowest BCUT2D eigenvalue weighted by molar-refractivity contribution is 0.0926. The van der Waals surface area contributed by atoms with Crippen molar-refractivity contribution >= 4 is 23.4 Å². The zero-order valence-electron chi connectivity index (χ0n) is 21.5. The summed E-state index contributed by atoms with van der Waals surface area (Å²) in [7, 11) is 4.47. The maximum atomic E-state index is 14.5. The first kappa shape index (κ1) is 27.3. The van der Waals surface area contributed by atoms with Gasteiger partial charge in [-0.1, -0.05) is 22.8 Å². The summed E-state index contributed by atoms with van der Waals surface area (Å²) in [4.78, 5) is 26.0. The van der Waals surface area contributed by atoms with Gasteiger partial charge in [0, 0.05) is 18.2 Å². The van der Waals surface area contributed by atoms with Crippen molar-refractivity contribution in [3.63, 3.8) is 0 Å². The molecular weight excluding hydrogens is 517 g/mol. The van der Waals surface area contributed by atoms with Crippen molar-refractivity contribution in [2.45, 2.75) is 32.2 Å². The third kappa shape index (κ3) is 5.55. The van der Waals surface area contributed by atoms with Gasteiger partial charge in [-0.2, -0.15) is 0 Å². The van der Waals surface area contributed by atoms with Crippen LogP contribution in [0, 0.1) is 18.7 Å². The molecule has 0 radical (unpaired) electrons. The number of benzene rings is 2. The van der Waals surface area contributed by atoms with Gasteiger partial charge in [-0.15, -0.1) is 0 Å². The maximum absolute atomic E-state index is 14.5. The standard InChI is InChI=1S/C27H29ClFN3O6/c1-14-22(24(32-38-14)23-18(28)6-5-7-19(23)29)27(34)31-17-9-8-15(10-17)13-30-26(33)16-11-20(35-2)25(37-4)21(12-16)36-3/h5-7,11-12,15,17H,8-10,13H2,1-4H3,(H,30,33)(H,31,34)/t15-,17+/m1/s1. The monoisotopic (exact) mass is 545 g/mol. The lowest BCUT2D eigenvalue weighted by Crippen LogP contribution is -2.34. The lowest BCUT2D eigenvalue weighted by Gasteiger charge is -2.16. The number of ether oxygens (including phenoxy) is 3. The van der Waals surface area contributed by atoms with E-state index in [9.17, 15) is 14.0 Å². The predicted octanol–water partition coefficient (Wildman–Crippen LogP) is 4.80. The molecule has 1 heterocycles. The normalized spacial score (nSPS) is 16.7. The highest BCUT2D eigenvalue weighted by atomic mass is 35.5. The highest BCUT2D eigenvalue weighted by Gasteiger charge is 2.30. The van der Waals surface area contributed by atoms with Gasteiger partial charge in [0.05, 0.1) is 31.9 Å². The number of carbonyl (C=O) groups is 2. The van der Waals surface area contributed by atoms with Crippen molar-refractivity contribution in [2.24, 2.45) is 5.92 Å². The number of aryl methyl sites for hydroxylation is 1. The largest absolute Gasteiger partial charge is 0.493 e. The Hall–Kier alpha value is -3.79. The molecule has 0 aliphatic heterocycles. The minimum absolute atomic E-state index is 0.0231. The number of methoxy groups -OCH3 is 3. The fourth-order valence-corrected chi connectivity index (χ4v) is 4.99. The van der Waals surface area contributed by atoms with Gasteiger partial charge in [-0.25, -0.2) is 4.39 Å². The summed E-state index contributed by atoms with van der Waals surface area (Å²) in [5.41, 5.74) is 0.617. The topological polar surface area (TPSA) is 112 Å². The molecule has 2 N–H and O–H groups in total. The number of carbonyl (C=O) groups excluding carboxylic acids is 2. The van der Waals surface area contributed by atoms with Crippen LogP contribution in [-0.4, -0.2) is 50.9 Å². The Morgan fingerprint density at radius 3 is 2.45 bits per heavy atom. The van der Waals surface area contributed by atoms with Crippen LogP contribution in [0.1, 0.15) is 45.7 Å². The number of halogens is 2. The molecule has 2 amide bonds. The molecule has 1 saturated carbocycles. The molecule has 202 valence electrons. The molecule has 1 aliphatic carbocycles. The molecule has 0 bridgehead atoms. The minimum atomic E-state index is -0.594. The average Bonchev–Trinajstić information content (AvgIpc) is 3.52. The lowest BCUT2D eigenvalue weighted by atomic mass is 10.0. The molecule has 3 aromatic rings. The Labute approximate surface area is 224 Å². The summed E-state index contributed by atoms with van der Waals surface area (Å²) in [5, 5.41) is 9.98. The van der Waals surface area contributed by atoms with Crippen molar-refractivity contribution in [1.82, 2.24) is 15.8 Å². The van der Waals surface area contributed by atoms with Crippen LogP contribution in [0.4, 0.5) is 4.39 Å². The van der Waals surface area contributed by atoms with Crippen LogP contribution in [0.15, 0.2) is 34.9 Å². The SMILES string of the molecule is COc1cc(C(=O)NC[C@@H]2CC[C@H](NC(=O)c3c(-c4c(F)cccc4Cl)noc3C)C2)cc(OC)c1OC. The van der Waals surface area contributed by atoms with Crippen LogP contribution in [0.3, 0.4) is 0 Å². The smallest absolute Gasteiger partial charge is 0.257 e. The molecule has 0 spiro atoms. The van der Waals surface area contributed by atoms with Crippen molar-refractivity contribution in [3.05, 3.63) is 58.1 Å². The molecule has 0 saturated heterocycles. The molecule has 9 nitrogen and oxygen atoms in total. The zero-order valence-corrected chi connectivity index (χ0v) is 22.3. The Morgan fingerprint density at radius 1 is 1.11 bits per heavy atom. The van der Waals surface area contributed by atoms with Gasteiger partial charge >= 0.3 is 0 Å². The van der Waals surface area contributed by atoms with Gasteiger partial charge in [-0.05, 0) is 56.4 Å². The first-order valence-electron chi connectivity index (χ1n) is 12.1. The second-order valence-corrected chi connectivity index (χ2v) is 9.44. The fraction of sp³-hybridized carbons (Fsp3) is 0.370. The molecule has 2 aromatic carbocycles. The van der Waals surface area contributed by atoms with Crippen molar-refractivity contribution < 1.29 is 32.7 Å². The molecule has 2 atom stereocenters. The van der Waals surface area contributed by atoms with E-state index in [4.69, 9.17) is 30.3 Å². The van der Waals surface area contributed by atoms with Crippen LogP contribution in [-0.2, 0) is 0 Å². The highest BCUT2D eigenvalue weighted by molar-refractivity contribution is 6.33. The molecular formula is C27H29ClFN3O6. The first-order chi connectivity index (χ1) is 18.3. The van der Waals surface area contributed by atoms with Crippen LogP contribution < -0.4 is 24.8 Å². The second kappa shape index (κ2) is 11.7. The van der Waals surface area contributed by atoms with Crippen LogP contribution >= 0.6 is 11.6 Å². The van der Waals surface area contributed by atoms with Crippen LogP contribution in [0.5, 0.6) is 17.2 Å². The van der Waals surface area contributed by atoms with Gasteiger partial charge in [0.15, 0.2) is 11.5 Å². The molecule has 38 heavy (non-hydrogen) atoms. The molecule has 0 unspecified atom stereocenters. The van der Waals surface area contributed by atoms with E-state index in [0.29, 0.717) is 35.8 Å². The van der Waals surface area contributed by atoms with Gasteiger partial charge in [0.25, 0.3) is 11.8 Å². The number of aromatic nitrogens is 1. The Morgan fingerprint density at radius 2 is 1.82 bits per heavy atom. The summed E-state index contributed by atoms with van der Waals surface area (Å²) >= 11 is 6.18. The van der Waals surface area contributed by atoms with Gasteiger partial charge < -0.3 is 29.4 Å². The Balaban J connectivity index is 1.38. The van der Waals surface area contributed by atoms with Crippen molar-refractivity contribution in [1.29, 1.82) is 0 Å². The summed E-state index contributed by atoms with van der Waals surface area (Å²) in [5.74, 6) is 0.335.